The number of anilines is 1. The van der Waals surface area contributed by atoms with E-state index in [1.54, 1.807) is 11.9 Å². The summed E-state index contributed by atoms with van der Waals surface area (Å²) in [6.07, 6.45) is 12.0. The number of carbonyl (C=O) groups is 3. The topological polar surface area (TPSA) is 96.7 Å². The summed E-state index contributed by atoms with van der Waals surface area (Å²) in [6.45, 7) is 13.5. The zero-order chi connectivity index (χ0) is 31.1. The lowest BCUT2D eigenvalue weighted by Crippen LogP contribution is -2.49. The molecule has 1 heterocycles. The molecule has 0 radical (unpaired) electrons. The highest BCUT2D eigenvalue weighted by Gasteiger charge is 2.27. The van der Waals surface area contributed by atoms with Crippen molar-refractivity contribution in [1.82, 2.24) is 15.1 Å². The van der Waals surface area contributed by atoms with E-state index in [0.29, 0.717) is 36.8 Å². The Balaban J connectivity index is 0. The highest BCUT2D eigenvalue weighted by Crippen LogP contribution is 2.29. The molecular weight excluding hydrogens is 522 g/mol. The molecule has 3 amide bonds. The van der Waals surface area contributed by atoms with Crippen LogP contribution in [0.1, 0.15) is 78.0 Å². The molecule has 1 N–H and O–H groups in total. The first-order valence-corrected chi connectivity index (χ1v) is 15.1. The average Bonchev–Trinajstić information content (AvgIpc) is 2.97. The first kappa shape index (κ1) is 39.1. The molecule has 1 fully saturated rings. The third-order valence-corrected chi connectivity index (χ3v) is 7.40. The summed E-state index contributed by atoms with van der Waals surface area (Å²) in [4.78, 5) is 38.1. The maximum Gasteiger partial charge on any atom is 0.240 e. The van der Waals surface area contributed by atoms with Gasteiger partial charge in [0, 0.05) is 57.0 Å². The molecule has 9 heteroatoms. The van der Waals surface area contributed by atoms with Crippen LogP contribution in [0.2, 0.25) is 0 Å². The van der Waals surface area contributed by atoms with Crippen molar-refractivity contribution in [3.63, 3.8) is 0 Å². The molecule has 40 heavy (non-hydrogen) atoms. The molecule has 1 saturated heterocycles. The Kier molecular flexibility index (Phi) is 23.3. The van der Waals surface area contributed by atoms with Gasteiger partial charge in [0.1, 0.15) is 0 Å². The van der Waals surface area contributed by atoms with E-state index >= 15 is 0 Å². The lowest BCUT2D eigenvalue weighted by atomic mass is 9.97. The minimum atomic E-state index is -0.0852. The maximum atomic E-state index is 12.7. The summed E-state index contributed by atoms with van der Waals surface area (Å²) in [5.41, 5.74) is 2.26. The van der Waals surface area contributed by atoms with Crippen molar-refractivity contribution in [2.24, 2.45) is 0 Å². The standard InChI is InChI=1S/C19H30N2OS.C5H7NO.C4H9NO.C3H5N/c1-14-8-6-9-15(2)21(14)13-19(22)20(4)18-11-7-10-17(12-18)16(3)23-5;1-3-4-6-5(2)7;1-3-5(2)4-6;1-2-3-4/h7,10-12,14-16H,6,8-9,13H2,1-5H3;1H,4H2,2H3,(H,6,7);4H,3H2,1-2H3;2H2,1H3. The summed E-state index contributed by atoms with van der Waals surface area (Å²) in [6, 6.07) is 11.3. The number of likely N-dealkylation sites (N-methyl/N-ethyl adjacent to an activating group) is 1. The van der Waals surface area contributed by atoms with E-state index in [1.807, 2.05) is 55.8 Å². The molecule has 1 aromatic carbocycles. The van der Waals surface area contributed by atoms with Gasteiger partial charge in [-0.05, 0) is 64.5 Å². The third kappa shape index (κ3) is 17.6. The molecule has 0 aliphatic carbocycles. The number of amides is 3. The summed E-state index contributed by atoms with van der Waals surface area (Å²) in [5.74, 6) is 2.36. The molecule has 224 valence electrons. The van der Waals surface area contributed by atoms with Crippen LogP contribution in [0.5, 0.6) is 0 Å². The van der Waals surface area contributed by atoms with Crippen LogP contribution in [0.3, 0.4) is 0 Å². The second-order valence-electron chi connectivity index (χ2n) is 9.53. The van der Waals surface area contributed by atoms with E-state index in [-0.39, 0.29) is 11.8 Å². The zero-order valence-electron chi connectivity index (χ0n) is 26.1. The predicted octanol–water partition coefficient (Wildman–Crippen LogP) is 5.11. The minimum Gasteiger partial charge on any atom is -0.349 e. The van der Waals surface area contributed by atoms with Gasteiger partial charge in [-0.3, -0.25) is 19.3 Å². The molecule has 0 aromatic heterocycles. The number of piperidine rings is 1. The van der Waals surface area contributed by atoms with Crippen LogP contribution in [-0.4, -0.2) is 80.1 Å². The number of carbonyl (C=O) groups excluding carboxylic acids is 3. The number of benzene rings is 1. The number of nitrogens with one attached hydrogen (secondary N) is 1. The molecule has 2 rings (SSSR count). The Bertz CT molecular complexity index is 934. The van der Waals surface area contributed by atoms with Crippen molar-refractivity contribution >= 4 is 35.7 Å². The van der Waals surface area contributed by atoms with E-state index in [2.05, 4.69) is 55.3 Å². The van der Waals surface area contributed by atoms with Crippen LogP contribution in [0, 0.1) is 23.7 Å². The van der Waals surface area contributed by atoms with Crippen LogP contribution in [0.25, 0.3) is 0 Å². The fraction of sp³-hybridized carbons (Fsp3) is 0.613. The van der Waals surface area contributed by atoms with Crippen LogP contribution in [-0.2, 0) is 14.4 Å². The van der Waals surface area contributed by atoms with E-state index < -0.39 is 0 Å². The monoisotopic (exact) mass is 573 g/mol. The Morgan fingerprint density at radius 2 is 1.82 bits per heavy atom. The quantitative estimate of drug-likeness (QED) is 0.343. The summed E-state index contributed by atoms with van der Waals surface area (Å²) >= 11 is 1.82. The van der Waals surface area contributed by atoms with Crippen LogP contribution in [0.4, 0.5) is 5.69 Å². The molecule has 3 atom stereocenters. The predicted molar refractivity (Wildman–Crippen MR) is 169 cm³/mol. The summed E-state index contributed by atoms with van der Waals surface area (Å²) in [5, 5.41) is 10.5. The van der Waals surface area contributed by atoms with Gasteiger partial charge in [0.15, 0.2) is 0 Å². The largest absolute Gasteiger partial charge is 0.349 e. The molecule has 0 saturated carbocycles. The number of likely N-dealkylation sites (tertiary alicyclic amines) is 1. The van der Waals surface area contributed by atoms with Gasteiger partial charge >= 0.3 is 0 Å². The average molecular weight is 574 g/mol. The normalized spacial score (nSPS) is 16.4. The summed E-state index contributed by atoms with van der Waals surface area (Å²) < 4.78 is 0. The smallest absolute Gasteiger partial charge is 0.240 e. The number of hydrogen-bond donors (Lipinski definition) is 1. The SMILES string of the molecule is C#CCNC(C)=O.CCC#N.CCN(C)C=O.CSC(C)c1cccc(N(C)C(=O)CN2C(C)CCCC2C)c1. The molecule has 0 spiro atoms. The first-order valence-electron chi connectivity index (χ1n) is 13.8. The van der Waals surface area contributed by atoms with Crippen molar-refractivity contribution in [3.05, 3.63) is 29.8 Å². The third-order valence-electron chi connectivity index (χ3n) is 6.42. The van der Waals surface area contributed by atoms with Crippen LogP contribution in [0.15, 0.2) is 24.3 Å². The molecule has 1 aromatic rings. The Morgan fingerprint density at radius 3 is 2.20 bits per heavy atom. The van der Waals surface area contributed by atoms with Crippen molar-refractivity contribution in [2.75, 3.05) is 44.9 Å². The van der Waals surface area contributed by atoms with Gasteiger partial charge in [0.2, 0.25) is 18.2 Å². The number of nitrogens with zero attached hydrogens (tertiary/aromatic N) is 4. The number of terminal acetylenes is 1. The zero-order valence-corrected chi connectivity index (χ0v) is 26.9. The second kappa shape index (κ2) is 23.8. The lowest BCUT2D eigenvalue weighted by Gasteiger charge is -2.39. The number of thioether (sulfide) groups is 1. The second-order valence-corrected chi connectivity index (χ2v) is 10.7. The molecule has 1 aliphatic heterocycles. The first-order chi connectivity index (χ1) is 18.9. The fourth-order valence-corrected chi connectivity index (χ4v) is 3.98. The highest BCUT2D eigenvalue weighted by molar-refractivity contribution is 7.98. The van der Waals surface area contributed by atoms with Crippen molar-refractivity contribution < 1.29 is 14.4 Å². The fourth-order valence-electron chi connectivity index (χ4n) is 3.57. The van der Waals surface area contributed by atoms with Gasteiger partial charge in [-0.1, -0.05) is 31.4 Å². The molecule has 1 aliphatic rings. The molecule has 8 nitrogen and oxygen atoms in total. The molecule has 3 unspecified atom stereocenters. The van der Waals surface area contributed by atoms with E-state index in [1.165, 1.54) is 31.7 Å². The number of hydrogen-bond acceptors (Lipinski definition) is 6. The van der Waals surface area contributed by atoms with E-state index in [0.717, 1.165) is 18.6 Å². The van der Waals surface area contributed by atoms with Crippen molar-refractivity contribution in [1.29, 1.82) is 5.26 Å². The van der Waals surface area contributed by atoms with Crippen molar-refractivity contribution in [2.45, 2.75) is 84.6 Å². The number of nitriles is 1. The van der Waals surface area contributed by atoms with Crippen LogP contribution >= 0.6 is 11.8 Å². The van der Waals surface area contributed by atoms with Gasteiger partial charge in [0.25, 0.3) is 0 Å². The number of rotatable bonds is 8. The van der Waals surface area contributed by atoms with E-state index in [9.17, 15) is 14.4 Å². The van der Waals surface area contributed by atoms with Gasteiger partial charge < -0.3 is 15.1 Å². The van der Waals surface area contributed by atoms with E-state index in [4.69, 9.17) is 11.7 Å². The van der Waals surface area contributed by atoms with Crippen molar-refractivity contribution in [3.8, 4) is 18.4 Å². The Hall–Kier alpha value is -3.01. The molecule has 0 bridgehead atoms. The summed E-state index contributed by atoms with van der Waals surface area (Å²) in [7, 11) is 3.64. The maximum absolute atomic E-state index is 12.7. The van der Waals surface area contributed by atoms with Gasteiger partial charge in [-0.15, -0.1) is 6.42 Å². The molecular formula is C31H51N5O3S. The Morgan fingerprint density at radius 1 is 1.25 bits per heavy atom. The van der Waals surface area contributed by atoms with Gasteiger partial charge in [-0.25, -0.2) is 0 Å². The Labute approximate surface area is 247 Å². The van der Waals surface area contributed by atoms with Gasteiger partial charge in [-0.2, -0.15) is 17.0 Å². The van der Waals surface area contributed by atoms with Gasteiger partial charge in [0.05, 0.1) is 19.2 Å². The van der Waals surface area contributed by atoms with Crippen LogP contribution < -0.4 is 10.2 Å². The minimum absolute atomic E-state index is 0.0852. The highest BCUT2D eigenvalue weighted by atomic mass is 32.2. The lowest BCUT2D eigenvalue weighted by molar-refractivity contribution is -0.121.